The van der Waals surface area contributed by atoms with Gasteiger partial charge in [-0.3, -0.25) is 9.59 Å². The number of nitrogens with one attached hydrogen (secondary N) is 1. The van der Waals surface area contributed by atoms with Crippen LogP contribution in [0.3, 0.4) is 0 Å². The van der Waals surface area contributed by atoms with Crippen molar-refractivity contribution in [2.24, 2.45) is 0 Å². The lowest BCUT2D eigenvalue weighted by atomic mass is 10.1. The fraction of sp³-hybridized carbons (Fsp3) is 0.526. The van der Waals surface area contributed by atoms with Crippen molar-refractivity contribution in [3.05, 3.63) is 29.8 Å². The Morgan fingerprint density at radius 3 is 2.15 bits per heavy atom. The third-order valence-corrected chi connectivity index (χ3v) is 4.26. The fourth-order valence-electron chi connectivity index (χ4n) is 2.97. The first-order valence-electron chi connectivity index (χ1n) is 9.04. The fourth-order valence-corrected chi connectivity index (χ4v) is 2.97. The molecule has 7 heteroatoms. The molecule has 0 aromatic heterocycles. The van der Waals surface area contributed by atoms with Gasteiger partial charge in [0, 0.05) is 24.3 Å². The molecule has 1 aliphatic heterocycles. The van der Waals surface area contributed by atoms with Crippen molar-refractivity contribution in [3.63, 3.8) is 0 Å². The molecule has 1 fully saturated rings. The second-order valence-corrected chi connectivity index (χ2v) is 6.39. The molecule has 0 spiro atoms. The van der Waals surface area contributed by atoms with Crippen molar-refractivity contribution < 1.29 is 24.2 Å². The lowest BCUT2D eigenvalue weighted by Crippen LogP contribution is -2.32. The molecule has 1 aliphatic rings. The molecule has 2 rings (SSSR count). The summed E-state index contributed by atoms with van der Waals surface area (Å²) in [7, 11) is 0. The molecule has 26 heavy (non-hydrogen) atoms. The minimum Gasteiger partial charge on any atom is -0.479 e. The van der Waals surface area contributed by atoms with Crippen LogP contribution in [0.15, 0.2) is 24.3 Å². The standard InChI is InChI=1S/C19H26N2O5/c1-3-11-21(12-4-2)18(23)13-5-7-14(8-6-13)20-17(22)15-9-10-16(26-15)19(24)25/h5-8,15-16H,3-4,9-12H2,1-2H3,(H,20,22)(H,24,25)/t15-,16+/m0/s1. The van der Waals surface area contributed by atoms with Crippen LogP contribution in [-0.2, 0) is 14.3 Å². The highest BCUT2D eigenvalue weighted by molar-refractivity contribution is 5.97. The summed E-state index contributed by atoms with van der Waals surface area (Å²) in [4.78, 5) is 37.4. The minimum atomic E-state index is -1.05. The van der Waals surface area contributed by atoms with E-state index in [1.165, 1.54) is 0 Å². The molecule has 0 saturated carbocycles. The van der Waals surface area contributed by atoms with E-state index in [-0.39, 0.29) is 11.8 Å². The van der Waals surface area contributed by atoms with Crippen LogP contribution in [0.25, 0.3) is 0 Å². The second kappa shape index (κ2) is 9.33. The van der Waals surface area contributed by atoms with Crippen molar-refractivity contribution >= 4 is 23.5 Å². The molecule has 2 atom stereocenters. The highest BCUT2D eigenvalue weighted by Crippen LogP contribution is 2.21. The number of carboxylic acids is 1. The van der Waals surface area contributed by atoms with Crippen molar-refractivity contribution in [1.82, 2.24) is 4.90 Å². The summed E-state index contributed by atoms with van der Waals surface area (Å²) in [5.74, 6) is -1.44. The SMILES string of the molecule is CCCN(CCC)C(=O)c1ccc(NC(=O)[C@@H]2CC[C@H](C(=O)O)O2)cc1. The van der Waals surface area contributed by atoms with Gasteiger partial charge in [-0.15, -0.1) is 0 Å². The molecule has 1 aromatic carbocycles. The zero-order chi connectivity index (χ0) is 19.1. The molecule has 0 unspecified atom stereocenters. The average molecular weight is 362 g/mol. The van der Waals surface area contributed by atoms with Gasteiger partial charge in [0.1, 0.15) is 6.10 Å². The van der Waals surface area contributed by atoms with Crippen LogP contribution in [0.5, 0.6) is 0 Å². The molecule has 142 valence electrons. The third kappa shape index (κ3) is 5.05. The van der Waals surface area contributed by atoms with E-state index in [1.54, 1.807) is 24.3 Å². The van der Waals surface area contributed by atoms with Gasteiger partial charge in [0.05, 0.1) is 0 Å². The minimum absolute atomic E-state index is 0.0185. The molecule has 0 aliphatic carbocycles. The number of hydrogen-bond donors (Lipinski definition) is 2. The Morgan fingerprint density at radius 2 is 1.65 bits per heavy atom. The molecule has 2 amide bonds. The topological polar surface area (TPSA) is 95.9 Å². The number of carbonyl (C=O) groups excluding carboxylic acids is 2. The number of hydrogen-bond acceptors (Lipinski definition) is 4. The number of nitrogens with zero attached hydrogens (tertiary/aromatic N) is 1. The molecule has 1 heterocycles. The van der Waals surface area contributed by atoms with E-state index in [0.717, 1.165) is 25.9 Å². The number of benzene rings is 1. The van der Waals surface area contributed by atoms with Gasteiger partial charge < -0.3 is 20.1 Å². The predicted octanol–water partition coefficient (Wildman–Crippen LogP) is 2.52. The Hall–Kier alpha value is -2.41. The Kier molecular flexibility index (Phi) is 7.15. The van der Waals surface area contributed by atoms with E-state index >= 15 is 0 Å². The van der Waals surface area contributed by atoms with E-state index in [2.05, 4.69) is 5.32 Å². The van der Waals surface area contributed by atoms with Crippen LogP contribution in [0.4, 0.5) is 5.69 Å². The van der Waals surface area contributed by atoms with Crippen LogP contribution in [0.1, 0.15) is 49.9 Å². The van der Waals surface area contributed by atoms with Crippen LogP contribution in [0.2, 0.25) is 0 Å². The zero-order valence-corrected chi connectivity index (χ0v) is 15.2. The van der Waals surface area contributed by atoms with Gasteiger partial charge in [0.25, 0.3) is 11.8 Å². The van der Waals surface area contributed by atoms with Crippen LogP contribution < -0.4 is 5.32 Å². The summed E-state index contributed by atoms with van der Waals surface area (Å²) in [6, 6.07) is 6.72. The smallest absolute Gasteiger partial charge is 0.332 e. The molecular weight excluding hydrogens is 336 g/mol. The molecule has 0 radical (unpaired) electrons. The van der Waals surface area contributed by atoms with Gasteiger partial charge >= 0.3 is 5.97 Å². The lowest BCUT2D eigenvalue weighted by Gasteiger charge is -2.21. The zero-order valence-electron chi connectivity index (χ0n) is 15.2. The molecule has 0 bridgehead atoms. The quantitative estimate of drug-likeness (QED) is 0.741. The summed E-state index contributed by atoms with van der Waals surface area (Å²) in [5.41, 5.74) is 1.12. The first-order chi connectivity index (χ1) is 12.5. The summed E-state index contributed by atoms with van der Waals surface area (Å²) < 4.78 is 5.23. The van der Waals surface area contributed by atoms with Gasteiger partial charge in [0.2, 0.25) is 0 Å². The van der Waals surface area contributed by atoms with Crippen LogP contribution >= 0.6 is 0 Å². The van der Waals surface area contributed by atoms with Gasteiger partial charge in [-0.2, -0.15) is 0 Å². The maximum absolute atomic E-state index is 12.5. The Labute approximate surface area is 153 Å². The number of rotatable bonds is 8. The summed E-state index contributed by atoms with van der Waals surface area (Å²) in [6.07, 6.45) is 0.821. The highest BCUT2D eigenvalue weighted by atomic mass is 16.5. The lowest BCUT2D eigenvalue weighted by molar-refractivity contribution is -0.150. The normalized spacial score (nSPS) is 19.2. The van der Waals surface area contributed by atoms with E-state index in [1.807, 2.05) is 18.7 Å². The third-order valence-electron chi connectivity index (χ3n) is 4.26. The van der Waals surface area contributed by atoms with Gasteiger partial charge in [0.15, 0.2) is 6.10 Å². The van der Waals surface area contributed by atoms with Crippen molar-refractivity contribution in [3.8, 4) is 0 Å². The molecule has 2 N–H and O–H groups in total. The van der Waals surface area contributed by atoms with Gasteiger partial charge in [-0.25, -0.2) is 4.79 Å². The summed E-state index contributed by atoms with van der Waals surface area (Å²) >= 11 is 0. The van der Waals surface area contributed by atoms with Gasteiger partial charge in [-0.1, -0.05) is 13.8 Å². The predicted molar refractivity (Wildman–Crippen MR) is 97.1 cm³/mol. The monoisotopic (exact) mass is 362 g/mol. The number of aliphatic carboxylic acids is 1. The van der Waals surface area contributed by atoms with E-state index in [4.69, 9.17) is 9.84 Å². The van der Waals surface area contributed by atoms with Crippen LogP contribution in [-0.4, -0.2) is 53.1 Å². The second-order valence-electron chi connectivity index (χ2n) is 6.39. The maximum Gasteiger partial charge on any atom is 0.332 e. The van der Waals surface area contributed by atoms with Crippen LogP contribution in [0, 0.1) is 0 Å². The Bertz CT molecular complexity index is 638. The largest absolute Gasteiger partial charge is 0.479 e. The van der Waals surface area contributed by atoms with E-state index in [9.17, 15) is 14.4 Å². The highest BCUT2D eigenvalue weighted by Gasteiger charge is 2.34. The van der Waals surface area contributed by atoms with Crippen molar-refractivity contribution in [2.45, 2.75) is 51.7 Å². The Balaban J connectivity index is 1.95. The first kappa shape index (κ1) is 19.9. The van der Waals surface area contributed by atoms with E-state index < -0.39 is 18.2 Å². The van der Waals surface area contributed by atoms with Crippen molar-refractivity contribution in [1.29, 1.82) is 0 Å². The number of carbonyl (C=O) groups is 3. The molecular formula is C19H26N2O5. The molecule has 7 nitrogen and oxygen atoms in total. The van der Waals surface area contributed by atoms with E-state index in [0.29, 0.717) is 24.1 Å². The number of amides is 2. The number of ether oxygens (including phenoxy) is 1. The Morgan fingerprint density at radius 1 is 1.08 bits per heavy atom. The number of carboxylic acid groups (broad SMARTS) is 1. The first-order valence-corrected chi connectivity index (χ1v) is 9.04. The maximum atomic E-state index is 12.5. The number of anilines is 1. The average Bonchev–Trinajstić information content (AvgIpc) is 3.12. The molecule has 1 aromatic rings. The summed E-state index contributed by atoms with van der Waals surface area (Å²) in [6.45, 7) is 5.51. The van der Waals surface area contributed by atoms with Crippen molar-refractivity contribution in [2.75, 3.05) is 18.4 Å². The van der Waals surface area contributed by atoms with Gasteiger partial charge in [-0.05, 0) is 49.9 Å². The molecule has 1 saturated heterocycles. The summed E-state index contributed by atoms with van der Waals surface area (Å²) in [5, 5.41) is 11.6.